The molecule has 2 rings (SSSR count). The molecule has 0 spiro atoms. The van der Waals surface area contributed by atoms with E-state index in [-0.39, 0.29) is 33.4 Å². The van der Waals surface area contributed by atoms with Crippen LogP contribution in [0.3, 0.4) is 0 Å². The van der Waals surface area contributed by atoms with Crippen molar-refractivity contribution in [1.82, 2.24) is 0 Å². The molecule has 18 heavy (non-hydrogen) atoms. The molecular weight excluding hydrogens is 275 g/mol. The molecule has 1 atom stereocenters. The van der Waals surface area contributed by atoms with Crippen LogP contribution >= 0.6 is 0 Å². The minimum atomic E-state index is -1.04. The topological polar surface area (TPSA) is 3.24 Å². The van der Waals surface area contributed by atoms with Gasteiger partial charge in [0.1, 0.15) is 0 Å². The third kappa shape index (κ3) is 2.87. The molecule has 0 amide bonds. The van der Waals surface area contributed by atoms with Gasteiger partial charge >= 0.3 is 0 Å². The van der Waals surface area contributed by atoms with Crippen molar-refractivity contribution in [3.05, 3.63) is 53.5 Å². The monoisotopic (exact) mass is 286 g/mol. The van der Waals surface area contributed by atoms with E-state index >= 15 is 0 Å². The Hall–Kier alpha value is -0.996. The van der Waals surface area contributed by atoms with E-state index in [4.69, 9.17) is 0 Å². The van der Waals surface area contributed by atoms with Gasteiger partial charge in [-0.2, -0.15) is 0 Å². The molecule has 1 heterocycles. The number of benzene rings is 1. The number of anilines is 1. The minimum Gasteiger partial charge on any atom is -0.390 e. The average molecular weight is 286 g/mol. The fourth-order valence-corrected chi connectivity index (χ4v) is 1.75. The zero-order valence-electron chi connectivity index (χ0n) is 9.97. The van der Waals surface area contributed by atoms with E-state index < -0.39 is 17.5 Å². The van der Waals surface area contributed by atoms with Crippen LogP contribution in [0.15, 0.2) is 30.0 Å². The molecule has 1 aliphatic rings. The number of nitrogens with zero attached hydrogens (tertiary/aromatic N) is 1. The second-order valence-electron chi connectivity index (χ2n) is 4.01. The first-order valence-electron chi connectivity index (χ1n) is 5.21. The largest absolute Gasteiger partial charge is 0.390 e. The predicted molar refractivity (Wildman–Crippen MR) is 60.0 cm³/mol. The number of rotatable bonds is 1. The van der Waals surface area contributed by atoms with Crippen molar-refractivity contribution in [2.45, 2.75) is 19.9 Å². The van der Waals surface area contributed by atoms with Gasteiger partial charge in [0.2, 0.25) is 0 Å². The molecule has 5 heteroatoms. The quantitative estimate of drug-likeness (QED) is 0.563. The van der Waals surface area contributed by atoms with Crippen molar-refractivity contribution in [3.63, 3.8) is 0 Å². The zero-order valence-corrected chi connectivity index (χ0v) is 11.5. The Morgan fingerprint density at radius 2 is 1.94 bits per heavy atom. The third-order valence-corrected chi connectivity index (χ3v) is 2.59. The second kappa shape index (κ2) is 5.76. The van der Waals surface area contributed by atoms with Crippen molar-refractivity contribution < 1.29 is 34.9 Å². The predicted octanol–water partition coefficient (Wildman–Crippen LogP) is 3.57. The molecular formula is C13H11F3NTi-. The first-order valence-corrected chi connectivity index (χ1v) is 5.21. The summed E-state index contributed by atoms with van der Waals surface area (Å²) < 4.78 is 39.9. The molecule has 0 fully saturated rings. The van der Waals surface area contributed by atoms with E-state index in [0.29, 0.717) is 6.07 Å². The molecule has 1 aromatic rings. The average Bonchev–Trinajstić information content (AvgIpc) is 2.21. The summed E-state index contributed by atoms with van der Waals surface area (Å²) in [6, 6.07) is 2.28. The van der Waals surface area contributed by atoms with Crippen LogP contribution in [0, 0.1) is 23.5 Å². The van der Waals surface area contributed by atoms with Gasteiger partial charge in [-0.05, 0) is 25.6 Å². The number of hydrogen-bond donors (Lipinski definition) is 0. The summed E-state index contributed by atoms with van der Waals surface area (Å²) in [5.74, 6) is -2.98. The van der Waals surface area contributed by atoms with E-state index in [9.17, 15) is 13.2 Å². The first-order chi connectivity index (χ1) is 7.99. The van der Waals surface area contributed by atoms with Crippen molar-refractivity contribution >= 4 is 5.69 Å². The van der Waals surface area contributed by atoms with Crippen LogP contribution in [0.2, 0.25) is 0 Å². The van der Waals surface area contributed by atoms with E-state index in [1.165, 1.54) is 4.90 Å². The van der Waals surface area contributed by atoms with Crippen molar-refractivity contribution in [3.8, 4) is 0 Å². The van der Waals surface area contributed by atoms with Crippen molar-refractivity contribution in [2.75, 3.05) is 4.90 Å². The van der Waals surface area contributed by atoms with E-state index in [1.807, 2.05) is 25.1 Å². The molecule has 1 unspecified atom stereocenters. The van der Waals surface area contributed by atoms with Crippen LogP contribution in [0.5, 0.6) is 0 Å². The van der Waals surface area contributed by atoms with Gasteiger partial charge < -0.3 is 4.90 Å². The standard InChI is InChI=1S/C13H11F3N.Ti/c1-8-3-4-9(2)17(7-8)13-11(15)5-10(14)6-12(13)16;/h3-5,7,9H,1-2H3;/q-1;. The number of halogens is 3. The summed E-state index contributed by atoms with van der Waals surface area (Å²) in [6.45, 7) is 3.61. The fourth-order valence-electron chi connectivity index (χ4n) is 1.75. The Morgan fingerprint density at radius 1 is 1.28 bits per heavy atom. The Balaban J connectivity index is 0.00000162. The summed E-state index contributed by atoms with van der Waals surface area (Å²) in [7, 11) is 0. The zero-order chi connectivity index (χ0) is 12.6. The van der Waals surface area contributed by atoms with Crippen LogP contribution in [0.4, 0.5) is 18.9 Å². The second-order valence-corrected chi connectivity index (χ2v) is 4.01. The van der Waals surface area contributed by atoms with Gasteiger partial charge in [-0.1, -0.05) is 18.2 Å². The molecule has 0 radical (unpaired) electrons. The van der Waals surface area contributed by atoms with Crippen molar-refractivity contribution in [1.29, 1.82) is 0 Å². The maximum atomic E-state index is 13.6. The molecule has 0 saturated carbocycles. The van der Waals surface area contributed by atoms with Gasteiger partial charge in [0.25, 0.3) is 0 Å². The molecule has 0 aliphatic carbocycles. The molecule has 1 aromatic carbocycles. The molecule has 1 nitrogen and oxygen atoms in total. The maximum Gasteiger partial charge on any atom is 0.0435 e. The van der Waals surface area contributed by atoms with Crippen LogP contribution in [-0.4, -0.2) is 6.04 Å². The van der Waals surface area contributed by atoms with Crippen LogP contribution < -0.4 is 4.90 Å². The summed E-state index contributed by atoms with van der Waals surface area (Å²) in [5.41, 5.74) is 0.592. The van der Waals surface area contributed by atoms with E-state index in [2.05, 4.69) is 0 Å². The van der Waals surface area contributed by atoms with Crippen LogP contribution in [0.1, 0.15) is 13.8 Å². The summed E-state index contributed by atoms with van der Waals surface area (Å²) in [5, 5.41) is 0. The van der Waals surface area contributed by atoms with Gasteiger partial charge in [0, 0.05) is 50.9 Å². The number of allylic oxidation sites excluding steroid dienone is 2. The Labute approximate surface area is 119 Å². The van der Waals surface area contributed by atoms with Gasteiger partial charge in [-0.25, -0.2) is 13.2 Å². The normalized spacial score (nSPS) is 18.4. The Morgan fingerprint density at radius 3 is 2.56 bits per heavy atom. The molecule has 0 aromatic heterocycles. The third-order valence-electron chi connectivity index (χ3n) is 2.59. The van der Waals surface area contributed by atoms with E-state index in [1.54, 1.807) is 13.1 Å². The van der Waals surface area contributed by atoms with Crippen LogP contribution in [0.25, 0.3) is 0 Å². The van der Waals surface area contributed by atoms with E-state index in [0.717, 1.165) is 5.57 Å². The smallest absolute Gasteiger partial charge is 0.0435 e. The molecule has 94 valence electrons. The molecule has 0 N–H and O–H groups in total. The Kier molecular flexibility index (Phi) is 4.82. The summed E-state index contributed by atoms with van der Waals surface area (Å²) >= 11 is 0. The van der Waals surface area contributed by atoms with Gasteiger partial charge in [0.05, 0.1) is 0 Å². The molecule has 1 aliphatic heterocycles. The number of hydrogen-bond acceptors (Lipinski definition) is 1. The fraction of sp³-hybridized carbons (Fsp3) is 0.231. The first kappa shape index (κ1) is 15.1. The van der Waals surface area contributed by atoms with Crippen molar-refractivity contribution in [2.24, 2.45) is 0 Å². The maximum absolute atomic E-state index is 13.6. The van der Waals surface area contributed by atoms with Gasteiger partial charge in [0.15, 0.2) is 0 Å². The molecule has 0 bridgehead atoms. The SMILES string of the molecule is CC1=CN(c2c(F)[c-]c(F)cc2F)C(C)C=C1.[Ti]. The molecule has 0 saturated heterocycles. The minimum absolute atomic E-state index is 0. The Bertz CT molecular complexity index is 488. The van der Waals surface area contributed by atoms with Gasteiger partial charge in [-0.15, -0.1) is 6.07 Å². The summed E-state index contributed by atoms with van der Waals surface area (Å²) in [6.07, 6.45) is 5.31. The van der Waals surface area contributed by atoms with Gasteiger partial charge in [-0.3, -0.25) is 0 Å². The summed E-state index contributed by atoms with van der Waals surface area (Å²) in [4.78, 5) is 1.43. The van der Waals surface area contributed by atoms with Crippen LogP contribution in [-0.2, 0) is 21.7 Å².